The topological polar surface area (TPSA) is 55.1 Å². The number of aryl methyl sites for hydroxylation is 1. The van der Waals surface area contributed by atoms with Crippen molar-refractivity contribution in [3.05, 3.63) is 53.8 Å². The summed E-state index contributed by atoms with van der Waals surface area (Å²) < 4.78 is 13.6. The molecule has 0 bridgehead atoms. The fourth-order valence-corrected chi connectivity index (χ4v) is 2.76. The van der Waals surface area contributed by atoms with E-state index < -0.39 is 5.82 Å². The van der Waals surface area contributed by atoms with Crippen molar-refractivity contribution in [3.8, 4) is 0 Å². The second-order valence-electron chi connectivity index (χ2n) is 4.75. The summed E-state index contributed by atoms with van der Waals surface area (Å²) in [6.45, 7) is 3.78. The quantitative estimate of drug-likeness (QED) is 0.666. The number of anilines is 2. The van der Waals surface area contributed by atoms with E-state index in [4.69, 9.17) is 5.73 Å². The van der Waals surface area contributed by atoms with E-state index in [2.05, 4.69) is 5.32 Å². The molecule has 21 heavy (non-hydrogen) atoms. The van der Waals surface area contributed by atoms with Crippen molar-refractivity contribution < 1.29 is 9.18 Å². The Morgan fingerprint density at radius 1 is 1.29 bits per heavy atom. The Labute approximate surface area is 127 Å². The van der Waals surface area contributed by atoms with Gasteiger partial charge in [0.2, 0.25) is 5.91 Å². The number of nitrogens with one attached hydrogen (secondary N) is 1. The molecule has 0 heterocycles. The minimum atomic E-state index is -0.495. The molecule has 0 aliphatic heterocycles. The fourth-order valence-electron chi connectivity index (χ4n) is 1.81. The van der Waals surface area contributed by atoms with Crippen LogP contribution in [-0.4, -0.2) is 11.2 Å². The van der Waals surface area contributed by atoms with Crippen LogP contribution >= 0.6 is 11.8 Å². The molecule has 2 rings (SSSR count). The van der Waals surface area contributed by atoms with Gasteiger partial charge in [0, 0.05) is 10.6 Å². The zero-order valence-electron chi connectivity index (χ0n) is 11.9. The average Bonchev–Trinajstić information content (AvgIpc) is 2.45. The van der Waals surface area contributed by atoms with Gasteiger partial charge in [0.25, 0.3) is 0 Å². The molecule has 0 aliphatic carbocycles. The molecule has 0 fully saturated rings. The lowest BCUT2D eigenvalue weighted by Crippen LogP contribution is -2.23. The van der Waals surface area contributed by atoms with Crippen molar-refractivity contribution in [1.29, 1.82) is 0 Å². The molecule has 1 unspecified atom stereocenters. The van der Waals surface area contributed by atoms with Crippen LogP contribution in [-0.2, 0) is 4.79 Å². The summed E-state index contributed by atoms with van der Waals surface area (Å²) in [5, 5.41) is 2.23. The number of nitrogens with two attached hydrogens (primary N) is 1. The molecule has 3 N–H and O–H groups in total. The van der Waals surface area contributed by atoms with Gasteiger partial charge in [-0.3, -0.25) is 4.79 Å². The number of hydrogen-bond donors (Lipinski definition) is 2. The maximum Gasteiger partial charge on any atom is 0.237 e. The first-order valence-electron chi connectivity index (χ1n) is 6.55. The Bertz CT molecular complexity index is 660. The van der Waals surface area contributed by atoms with Gasteiger partial charge in [-0.2, -0.15) is 0 Å². The highest BCUT2D eigenvalue weighted by Gasteiger charge is 2.17. The first-order valence-corrected chi connectivity index (χ1v) is 7.43. The van der Waals surface area contributed by atoms with Crippen LogP contribution in [0.2, 0.25) is 0 Å². The number of rotatable bonds is 4. The molecule has 3 nitrogen and oxygen atoms in total. The Kier molecular flexibility index (Phi) is 4.85. The minimum absolute atomic E-state index is 0.109. The molecule has 0 saturated carbocycles. The van der Waals surface area contributed by atoms with E-state index in [9.17, 15) is 9.18 Å². The Hall–Kier alpha value is -2.01. The largest absolute Gasteiger partial charge is 0.399 e. The molecule has 110 valence electrons. The number of carbonyl (C=O) groups is 1. The SMILES string of the molecule is Cc1ccccc1SC(C)C(=O)Nc1cc(N)ccc1F. The van der Waals surface area contributed by atoms with E-state index in [-0.39, 0.29) is 16.8 Å². The van der Waals surface area contributed by atoms with Crippen molar-refractivity contribution in [1.82, 2.24) is 0 Å². The maximum atomic E-state index is 13.6. The fraction of sp³-hybridized carbons (Fsp3) is 0.188. The number of thioether (sulfide) groups is 1. The third-order valence-corrected chi connectivity index (χ3v) is 4.29. The van der Waals surface area contributed by atoms with Gasteiger partial charge in [-0.25, -0.2) is 4.39 Å². The van der Waals surface area contributed by atoms with Crippen molar-refractivity contribution in [2.45, 2.75) is 24.0 Å². The molecule has 2 aromatic rings. The van der Waals surface area contributed by atoms with Crippen LogP contribution in [0.4, 0.5) is 15.8 Å². The van der Waals surface area contributed by atoms with Crippen LogP contribution in [0.3, 0.4) is 0 Å². The van der Waals surface area contributed by atoms with Crippen molar-refractivity contribution in [2.24, 2.45) is 0 Å². The third-order valence-electron chi connectivity index (χ3n) is 3.01. The highest BCUT2D eigenvalue weighted by Crippen LogP contribution is 2.27. The summed E-state index contributed by atoms with van der Waals surface area (Å²) in [6, 6.07) is 11.9. The maximum absolute atomic E-state index is 13.6. The predicted octanol–water partition coefficient (Wildman–Crippen LogP) is 3.84. The Balaban J connectivity index is 2.06. The van der Waals surface area contributed by atoms with Gasteiger partial charge in [0.15, 0.2) is 0 Å². The molecule has 1 atom stereocenters. The molecule has 1 amide bonds. The molecule has 0 radical (unpaired) electrons. The summed E-state index contributed by atoms with van der Waals surface area (Å²) in [5.74, 6) is -0.751. The van der Waals surface area contributed by atoms with Crippen LogP contribution in [0.1, 0.15) is 12.5 Å². The van der Waals surface area contributed by atoms with Crippen molar-refractivity contribution >= 4 is 29.0 Å². The number of halogens is 1. The predicted molar refractivity (Wildman–Crippen MR) is 85.9 cm³/mol. The number of carbonyl (C=O) groups excluding carboxylic acids is 1. The van der Waals surface area contributed by atoms with Gasteiger partial charge in [-0.1, -0.05) is 18.2 Å². The molecule has 0 aromatic heterocycles. The van der Waals surface area contributed by atoms with E-state index in [0.717, 1.165) is 10.5 Å². The second kappa shape index (κ2) is 6.63. The Morgan fingerprint density at radius 3 is 2.71 bits per heavy atom. The van der Waals surface area contributed by atoms with Crippen LogP contribution in [0.25, 0.3) is 0 Å². The lowest BCUT2D eigenvalue weighted by Gasteiger charge is -2.14. The van der Waals surface area contributed by atoms with Crippen LogP contribution in [0, 0.1) is 12.7 Å². The summed E-state index contributed by atoms with van der Waals surface area (Å²) in [7, 11) is 0. The number of benzene rings is 2. The molecule has 2 aromatic carbocycles. The van der Waals surface area contributed by atoms with Gasteiger partial charge in [-0.05, 0) is 43.7 Å². The minimum Gasteiger partial charge on any atom is -0.399 e. The summed E-state index contributed by atoms with van der Waals surface area (Å²) in [4.78, 5) is 13.2. The van der Waals surface area contributed by atoms with Crippen LogP contribution in [0.5, 0.6) is 0 Å². The standard InChI is InChI=1S/C16H17FN2OS/c1-10-5-3-4-6-15(10)21-11(2)16(20)19-14-9-12(18)7-8-13(14)17/h3-9,11H,18H2,1-2H3,(H,19,20). The summed E-state index contributed by atoms with van der Waals surface area (Å²) in [6.07, 6.45) is 0. The lowest BCUT2D eigenvalue weighted by atomic mass is 10.2. The molecule has 0 spiro atoms. The number of nitrogen functional groups attached to an aromatic ring is 1. The van der Waals surface area contributed by atoms with Gasteiger partial charge < -0.3 is 11.1 Å². The number of amides is 1. The van der Waals surface area contributed by atoms with Crippen LogP contribution < -0.4 is 11.1 Å². The molecule has 0 saturated heterocycles. The molecular weight excluding hydrogens is 287 g/mol. The normalized spacial score (nSPS) is 12.0. The van der Waals surface area contributed by atoms with Crippen LogP contribution in [0.15, 0.2) is 47.4 Å². The number of hydrogen-bond acceptors (Lipinski definition) is 3. The smallest absolute Gasteiger partial charge is 0.237 e. The van der Waals surface area contributed by atoms with Gasteiger partial charge in [0.05, 0.1) is 10.9 Å². The van der Waals surface area contributed by atoms with Gasteiger partial charge in [0.1, 0.15) is 5.82 Å². The van der Waals surface area contributed by atoms with E-state index in [0.29, 0.717) is 5.69 Å². The monoisotopic (exact) mass is 304 g/mol. The first-order chi connectivity index (χ1) is 9.97. The lowest BCUT2D eigenvalue weighted by molar-refractivity contribution is -0.115. The van der Waals surface area contributed by atoms with Gasteiger partial charge in [-0.15, -0.1) is 11.8 Å². The highest BCUT2D eigenvalue weighted by atomic mass is 32.2. The van der Waals surface area contributed by atoms with Crippen molar-refractivity contribution in [2.75, 3.05) is 11.1 Å². The first kappa shape index (κ1) is 15.4. The summed E-state index contributed by atoms with van der Waals surface area (Å²) >= 11 is 1.44. The third kappa shape index (κ3) is 3.98. The zero-order chi connectivity index (χ0) is 15.4. The highest BCUT2D eigenvalue weighted by molar-refractivity contribution is 8.00. The molecule has 0 aliphatic rings. The van der Waals surface area contributed by atoms with Crippen molar-refractivity contribution in [3.63, 3.8) is 0 Å². The van der Waals surface area contributed by atoms with Gasteiger partial charge >= 0.3 is 0 Å². The van der Waals surface area contributed by atoms with E-state index in [1.165, 1.54) is 30.0 Å². The molecular formula is C16H17FN2OS. The average molecular weight is 304 g/mol. The Morgan fingerprint density at radius 2 is 2.00 bits per heavy atom. The van der Waals surface area contributed by atoms with E-state index >= 15 is 0 Å². The second-order valence-corrected chi connectivity index (χ2v) is 6.14. The summed E-state index contributed by atoms with van der Waals surface area (Å²) in [5.41, 5.74) is 7.22. The molecule has 5 heteroatoms. The van der Waals surface area contributed by atoms with E-state index in [1.807, 2.05) is 31.2 Å². The zero-order valence-corrected chi connectivity index (χ0v) is 12.7. The van der Waals surface area contributed by atoms with E-state index in [1.54, 1.807) is 6.92 Å².